The van der Waals surface area contributed by atoms with Crippen LogP contribution in [-0.2, 0) is 13.1 Å². The normalized spacial score (nSPS) is 10.8. The molecule has 0 atom stereocenters. The van der Waals surface area contributed by atoms with Gasteiger partial charge in [0.05, 0.1) is 11.0 Å². The smallest absolute Gasteiger partial charge is 0.137 e. The topological polar surface area (TPSA) is 29.9 Å². The van der Waals surface area contributed by atoms with Crippen LogP contribution in [0.4, 0.5) is 4.39 Å². The van der Waals surface area contributed by atoms with Gasteiger partial charge in [-0.1, -0.05) is 13.0 Å². The highest BCUT2D eigenvalue weighted by molar-refractivity contribution is 9.10. The Morgan fingerprint density at radius 1 is 1.44 bits per heavy atom. The van der Waals surface area contributed by atoms with Crippen molar-refractivity contribution in [3.05, 3.63) is 52.3 Å². The molecule has 2 aromatic rings. The maximum atomic E-state index is 13.1. The zero-order valence-electron chi connectivity index (χ0n) is 10.2. The molecule has 0 saturated heterocycles. The van der Waals surface area contributed by atoms with Crippen molar-refractivity contribution in [1.29, 1.82) is 0 Å². The van der Waals surface area contributed by atoms with E-state index in [0.717, 1.165) is 24.5 Å². The number of benzene rings is 1. The summed E-state index contributed by atoms with van der Waals surface area (Å²) in [7, 11) is 0. The van der Waals surface area contributed by atoms with E-state index in [-0.39, 0.29) is 5.82 Å². The minimum atomic E-state index is -0.239. The molecule has 0 saturated carbocycles. The number of nitrogens with one attached hydrogen (secondary N) is 1. The van der Waals surface area contributed by atoms with Crippen molar-refractivity contribution >= 4 is 15.9 Å². The number of halogens is 2. The average Bonchev–Trinajstić information content (AvgIpc) is 2.79. The molecule has 96 valence electrons. The van der Waals surface area contributed by atoms with Crippen LogP contribution in [0.25, 0.3) is 0 Å². The van der Waals surface area contributed by atoms with E-state index in [2.05, 4.69) is 37.7 Å². The zero-order valence-corrected chi connectivity index (χ0v) is 11.7. The van der Waals surface area contributed by atoms with Gasteiger partial charge in [-0.05, 0) is 40.2 Å². The Bertz CT molecular complexity index is 525. The molecule has 0 aliphatic heterocycles. The van der Waals surface area contributed by atoms with E-state index < -0.39 is 0 Å². The van der Waals surface area contributed by atoms with E-state index in [1.165, 1.54) is 6.07 Å². The van der Waals surface area contributed by atoms with Crippen molar-refractivity contribution in [2.75, 3.05) is 6.54 Å². The summed E-state index contributed by atoms with van der Waals surface area (Å²) < 4.78 is 15.7. The zero-order chi connectivity index (χ0) is 13.0. The molecule has 1 N–H and O–H groups in total. The van der Waals surface area contributed by atoms with Crippen LogP contribution in [0.5, 0.6) is 0 Å². The largest absolute Gasteiger partial charge is 0.329 e. The lowest BCUT2D eigenvalue weighted by atomic mass is 10.2. The monoisotopic (exact) mass is 311 g/mol. The molecule has 18 heavy (non-hydrogen) atoms. The van der Waals surface area contributed by atoms with Crippen LogP contribution < -0.4 is 5.32 Å². The van der Waals surface area contributed by atoms with E-state index >= 15 is 0 Å². The predicted octanol–water partition coefficient (Wildman–Crippen LogP) is 2.94. The van der Waals surface area contributed by atoms with Crippen LogP contribution in [0, 0.1) is 5.82 Å². The molecule has 0 unspecified atom stereocenters. The lowest BCUT2D eigenvalue weighted by Gasteiger charge is -2.09. The highest BCUT2D eigenvalue weighted by Crippen LogP contribution is 2.17. The summed E-state index contributed by atoms with van der Waals surface area (Å²) in [6, 6.07) is 5.06. The van der Waals surface area contributed by atoms with Gasteiger partial charge in [0, 0.05) is 18.9 Å². The summed E-state index contributed by atoms with van der Waals surface area (Å²) in [5.74, 6) is 0.745. The van der Waals surface area contributed by atoms with E-state index in [1.807, 2.05) is 6.20 Å². The average molecular weight is 312 g/mol. The molecule has 0 radical (unpaired) electrons. The fraction of sp³-hybridized carbons (Fsp3) is 0.308. The van der Waals surface area contributed by atoms with Crippen LogP contribution in [0.1, 0.15) is 18.3 Å². The van der Waals surface area contributed by atoms with Gasteiger partial charge in [-0.25, -0.2) is 9.37 Å². The Hall–Kier alpha value is -1.20. The Morgan fingerprint density at radius 3 is 3.00 bits per heavy atom. The molecule has 0 aliphatic carbocycles. The minimum Gasteiger partial charge on any atom is -0.329 e. The first-order valence-electron chi connectivity index (χ1n) is 5.85. The second kappa shape index (κ2) is 6.11. The third-order valence-electron chi connectivity index (χ3n) is 2.67. The van der Waals surface area contributed by atoms with Gasteiger partial charge in [-0.2, -0.15) is 0 Å². The van der Waals surface area contributed by atoms with Gasteiger partial charge < -0.3 is 9.88 Å². The Balaban J connectivity index is 2.13. The van der Waals surface area contributed by atoms with E-state index in [9.17, 15) is 4.39 Å². The van der Waals surface area contributed by atoms with Gasteiger partial charge in [0.15, 0.2) is 0 Å². The van der Waals surface area contributed by atoms with Crippen LogP contribution in [0.3, 0.4) is 0 Å². The molecule has 0 bridgehead atoms. The van der Waals surface area contributed by atoms with Crippen molar-refractivity contribution < 1.29 is 4.39 Å². The maximum Gasteiger partial charge on any atom is 0.137 e. The quantitative estimate of drug-likeness (QED) is 0.920. The molecule has 0 aliphatic rings. The number of nitrogens with zero attached hydrogens (tertiary/aromatic N) is 2. The first kappa shape index (κ1) is 13.2. The molecule has 3 nitrogen and oxygen atoms in total. The third-order valence-corrected chi connectivity index (χ3v) is 3.28. The first-order valence-corrected chi connectivity index (χ1v) is 6.64. The molecule has 2 rings (SSSR count). The molecule has 0 fully saturated rings. The third kappa shape index (κ3) is 3.17. The molecular formula is C13H15BrFN3. The van der Waals surface area contributed by atoms with Crippen LogP contribution >= 0.6 is 15.9 Å². The second-order valence-corrected chi connectivity index (χ2v) is 4.85. The van der Waals surface area contributed by atoms with Crippen LogP contribution in [0.2, 0.25) is 0 Å². The van der Waals surface area contributed by atoms with Gasteiger partial charge in [-0.3, -0.25) is 0 Å². The Morgan fingerprint density at radius 2 is 2.28 bits per heavy atom. The lowest BCUT2D eigenvalue weighted by Crippen LogP contribution is -2.16. The number of aromatic nitrogens is 2. The Labute approximate surface area is 114 Å². The molecule has 5 heteroatoms. The molecule has 1 aromatic heterocycles. The van der Waals surface area contributed by atoms with Gasteiger partial charge >= 0.3 is 0 Å². The van der Waals surface area contributed by atoms with Crippen LogP contribution in [-0.4, -0.2) is 16.1 Å². The maximum absolute atomic E-state index is 13.1. The highest BCUT2D eigenvalue weighted by Gasteiger charge is 2.05. The first-order chi connectivity index (χ1) is 8.70. The number of hydrogen-bond donors (Lipinski definition) is 1. The standard InChI is InChI=1S/C13H15BrFN3/c1-2-16-8-13-17-5-6-18(13)9-10-3-4-12(15)11(14)7-10/h3-7,16H,2,8-9H2,1H3. The summed E-state index contributed by atoms with van der Waals surface area (Å²) in [5, 5.41) is 3.24. The van der Waals surface area contributed by atoms with E-state index in [0.29, 0.717) is 11.0 Å². The van der Waals surface area contributed by atoms with Gasteiger partial charge in [-0.15, -0.1) is 0 Å². The van der Waals surface area contributed by atoms with E-state index in [1.54, 1.807) is 18.3 Å². The molecule has 1 aromatic carbocycles. The highest BCUT2D eigenvalue weighted by atomic mass is 79.9. The number of hydrogen-bond acceptors (Lipinski definition) is 2. The van der Waals surface area contributed by atoms with Crippen molar-refractivity contribution in [2.45, 2.75) is 20.0 Å². The number of imidazole rings is 1. The molecule has 0 amide bonds. The van der Waals surface area contributed by atoms with Crippen molar-refractivity contribution in [3.8, 4) is 0 Å². The van der Waals surface area contributed by atoms with Gasteiger partial charge in [0.2, 0.25) is 0 Å². The van der Waals surface area contributed by atoms with Crippen LogP contribution in [0.15, 0.2) is 35.1 Å². The lowest BCUT2D eigenvalue weighted by molar-refractivity contribution is 0.616. The predicted molar refractivity (Wildman–Crippen MR) is 72.8 cm³/mol. The SMILES string of the molecule is CCNCc1nccn1Cc1ccc(F)c(Br)c1. The van der Waals surface area contributed by atoms with Crippen molar-refractivity contribution in [2.24, 2.45) is 0 Å². The van der Waals surface area contributed by atoms with Gasteiger partial charge in [0.25, 0.3) is 0 Å². The fourth-order valence-electron chi connectivity index (χ4n) is 1.72. The van der Waals surface area contributed by atoms with E-state index in [4.69, 9.17) is 0 Å². The summed E-state index contributed by atoms with van der Waals surface area (Å²) in [5.41, 5.74) is 1.04. The summed E-state index contributed by atoms with van der Waals surface area (Å²) in [6.45, 7) is 4.41. The molecule has 0 spiro atoms. The van der Waals surface area contributed by atoms with Crippen molar-refractivity contribution in [3.63, 3.8) is 0 Å². The molecular weight excluding hydrogens is 297 g/mol. The summed E-state index contributed by atoms with van der Waals surface area (Å²) >= 11 is 3.20. The minimum absolute atomic E-state index is 0.239. The molecule has 1 heterocycles. The van der Waals surface area contributed by atoms with Crippen molar-refractivity contribution in [1.82, 2.24) is 14.9 Å². The summed E-state index contributed by atoms with van der Waals surface area (Å²) in [4.78, 5) is 4.30. The summed E-state index contributed by atoms with van der Waals surface area (Å²) in [6.07, 6.45) is 3.72. The van der Waals surface area contributed by atoms with Gasteiger partial charge in [0.1, 0.15) is 11.6 Å². The number of rotatable bonds is 5. The second-order valence-electron chi connectivity index (χ2n) is 4.00. The fourth-order valence-corrected chi connectivity index (χ4v) is 2.15. The Kier molecular flexibility index (Phi) is 4.49.